The first kappa shape index (κ1) is 18.0. The number of likely N-dealkylation sites (tertiary alicyclic amines) is 1. The van der Waals surface area contributed by atoms with E-state index in [9.17, 15) is 9.59 Å². The van der Waals surface area contributed by atoms with Gasteiger partial charge in [0.1, 0.15) is 11.5 Å². The number of carbonyl (C=O) groups excluding carboxylic acids is 2. The van der Waals surface area contributed by atoms with E-state index in [2.05, 4.69) is 22.5 Å². The Bertz CT molecular complexity index is 607. The van der Waals surface area contributed by atoms with Gasteiger partial charge in [0.25, 0.3) is 0 Å². The average Bonchev–Trinajstić information content (AvgIpc) is 2.97. The second kappa shape index (κ2) is 8.04. The predicted molar refractivity (Wildman–Crippen MR) is 94.9 cm³/mol. The van der Waals surface area contributed by atoms with Crippen molar-refractivity contribution in [3.8, 4) is 0 Å². The zero-order chi connectivity index (χ0) is 17.8. The first-order valence-corrected chi connectivity index (χ1v) is 9.39. The molecule has 0 radical (unpaired) electrons. The fourth-order valence-electron chi connectivity index (χ4n) is 3.51. The van der Waals surface area contributed by atoms with Gasteiger partial charge < -0.3 is 15.1 Å². The van der Waals surface area contributed by atoms with Gasteiger partial charge in [-0.25, -0.2) is 0 Å². The van der Waals surface area contributed by atoms with Crippen molar-refractivity contribution < 1.29 is 14.0 Å². The fourth-order valence-corrected chi connectivity index (χ4v) is 3.51. The summed E-state index contributed by atoms with van der Waals surface area (Å²) in [6.45, 7) is 7.03. The van der Waals surface area contributed by atoms with E-state index < -0.39 is 0 Å². The molecule has 2 amide bonds. The number of hydrogen-bond acceptors (Lipinski definition) is 4. The highest BCUT2D eigenvalue weighted by atomic mass is 16.3. The van der Waals surface area contributed by atoms with Crippen molar-refractivity contribution in [1.82, 2.24) is 15.5 Å². The molecule has 0 bridgehead atoms. The summed E-state index contributed by atoms with van der Waals surface area (Å²) in [4.78, 5) is 26.3. The lowest BCUT2D eigenvalue weighted by atomic mass is 10.2. The van der Waals surface area contributed by atoms with Gasteiger partial charge in [-0.2, -0.15) is 0 Å². The van der Waals surface area contributed by atoms with Crippen LogP contribution in [0.2, 0.25) is 0 Å². The van der Waals surface area contributed by atoms with Crippen LogP contribution in [-0.2, 0) is 9.59 Å². The van der Waals surface area contributed by atoms with E-state index in [1.165, 1.54) is 12.8 Å². The second-order valence-corrected chi connectivity index (χ2v) is 7.37. The molecule has 1 aromatic rings. The maximum absolute atomic E-state index is 12.1. The molecule has 1 aliphatic carbocycles. The quantitative estimate of drug-likeness (QED) is 0.754. The normalized spacial score (nSPS) is 24.1. The van der Waals surface area contributed by atoms with Gasteiger partial charge in [-0.3, -0.25) is 14.5 Å². The lowest BCUT2D eigenvalue weighted by Gasteiger charge is -2.26. The molecule has 2 fully saturated rings. The minimum absolute atomic E-state index is 0.0309. The van der Waals surface area contributed by atoms with Crippen LogP contribution in [-0.4, -0.2) is 42.9 Å². The molecule has 3 rings (SSSR count). The summed E-state index contributed by atoms with van der Waals surface area (Å²) in [7, 11) is 0. The first-order chi connectivity index (χ1) is 12.0. The lowest BCUT2D eigenvalue weighted by molar-refractivity contribution is -0.123. The van der Waals surface area contributed by atoms with Gasteiger partial charge in [0.2, 0.25) is 11.8 Å². The Morgan fingerprint density at radius 1 is 1.28 bits per heavy atom. The fraction of sp³-hybridized carbons (Fsp3) is 0.684. The number of furan rings is 1. The first-order valence-electron chi connectivity index (χ1n) is 9.39. The van der Waals surface area contributed by atoms with E-state index in [1.807, 2.05) is 19.1 Å². The smallest absolute Gasteiger partial charge is 0.223 e. The van der Waals surface area contributed by atoms with Gasteiger partial charge in [-0.15, -0.1) is 0 Å². The van der Waals surface area contributed by atoms with Crippen LogP contribution >= 0.6 is 0 Å². The van der Waals surface area contributed by atoms with Crippen LogP contribution < -0.4 is 10.6 Å². The van der Waals surface area contributed by atoms with Crippen molar-refractivity contribution in [1.29, 1.82) is 0 Å². The molecule has 0 unspecified atom stereocenters. The Morgan fingerprint density at radius 2 is 2.00 bits per heavy atom. The maximum Gasteiger partial charge on any atom is 0.223 e. The van der Waals surface area contributed by atoms with E-state index in [1.54, 1.807) is 0 Å². The summed E-state index contributed by atoms with van der Waals surface area (Å²) in [5.74, 6) is 2.51. The predicted octanol–water partition coefficient (Wildman–Crippen LogP) is 2.00. The Kier molecular flexibility index (Phi) is 5.78. The number of carbonyl (C=O) groups is 2. The van der Waals surface area contributed by atoms with Crippen molar-refractivity contribution in [3.63, 3.8) is 0 Å². The van der Waals surface area contributed by atoms with Gasteiger partial charge in [-0.1, -0.05) is 6.92 Å². The number of nitrogens with one attached hydrogen (secondary N) is 2. The lowest BCUT2D eigenvalue weighted by Crippen LogP contribution is -2.38. The molecular weight excluding hydrogens is 318 g/mol. The minimum Gasteiger partial charge on any atom is -0.465 e. The highest BCUT2D eigenvalue weighted by molar-refractivity contribution is 5.82. The van der Waals surface area contributed by atoms with Crippen LogP contribution in [0.25, 0.3) is 0 Å². The summed E-state index contributed by atoms with van der Waals surface area (Å²) < 4.78 is 5.80. The van der Waals surface area contributed by atoms with Gasteiger partial charge in [0.05, 0.1) is 6.04 Å². The number of hydrogen-bond donors (Lipinski definition) is 2. The standard InChI is InChI=1S/C19H29N3O3/c1-13-11-15(13)19(24)20-8-7-18(23)21-12-16(22-9-3-4-10-22)17-6-5-14(2)25-17/h5-6,13,15-16H,3-4,7-12H2,1-2H3,(H,20,24)(H,21,23)/t13-,15+,16-/m0/s1. The summed E-state index contributed by atoms with van der Waals surface area (Å²) in [5, 5.41) is 5.86. The average molecular weight is 347 g/mol. The molecule has 2 heterocycles. The molecule has 3 atom stereocenters. The second-order valence-electron chi connectivity index (χ2n) is 7.37. The topological polar surface area (TPSA) is 74.6 Å². The summed E-state index contributed by atoms with van der Waals surface area (Å²) in [5.41, 5.74) is 0. The van der Waals surface area contributed by atoms with Crippen molar-refractivity contribution >= 4 is 11.8 Å². The third-order valence-electron chi connectivity index (χ3n) is 5.26. The van der Waals surface area contributed by atoms with Crippen molar-refractivity contribution in [2.45, 2.75) is 45.6 Å². The van der Waals surface area contributed by atoms with Crippen molar-refractivity contribution in [2.75, 3.05) is 26.2 Å². The van der Waals surface area contributed by atoms with E-state index >= 15 is 0 Å². The van der Waals surface area contributed by atoms with Crippen LogP contribution in [0, 0.1) is 18.8 Å². The minimum atomic E-state index is -0.0309. The number of nitrogens with zero attached hydrogens (tertiary/aromatic N) is 1. The Balaban J connectivity index is 1.43. The monoisotopic (exact) mass is 347 g/mol. The van der Waals surface area contributed by atoms with E-state index in [0.29, 0.717) is 25.4 Å². The molecule has 6 nitrogen and oxygen atoms in total. The summed E-state index contributed by atoms with van der Waals surface area (Å²) >= 11 is 0. The van der Waals surface area contributed by atoms with Gasteiger partial charge in [0, 0.05) is 25.4 Å². The summed E-state index contributed by atoms with van der Waals surface area (Å²) in [6, 6.07) is 4.05. The Hall–Kier alpha value is -1.82. The molecule has 1 saturated carbocycles. The highest BCUT2D eigenvalue weighted by Crippen LogP contribution is 2.37. The molecule has 2 N–H and O–H groups in total. The molecule has 1 aliphatic heterocycles. The molecule has 1 saturated heterocycles. The van der Waals surface area contributed by atoms with Crippen LogP contribution in [0.3, 0.4) is 0 Å². The molecule has 6 heteroatoms. The van der Waals surface area contributed by atoms with Crippen LogP contribution in [0.5, 0.6) is 0 Å². The van der Waals surface area contributed by atoms with Gasteiger partial charge in [0.15, 0.2) is 0 Å². The molecule has 138 valence electrons. The van der Waals surface area contributed by atoms with Crippen LogP contribution in [0.15, 0.2) is 16.5 Å². The zero-order valence-electron chi connectivity index (χ0n) is 15.2. The van der Waals surface area contributed by atoms with E-state index in [0.717, 1.165) is 31.0 Å². The molecule has 0 aromatic carbocycles. The maximum atomic E-state index is 12.1. The van der Waals surface area contributed by atoms with E-state index in [4.69, 9.17) is 4.42 Å². The molecule has 25 heavy (non-hydrogen) atoms. The number of amides is 2. The zero-order valence-corrected chi connectivity index (χ0v) is 15.2. The number of rotatable bonds is 8. The largest absolute Gasteiger partial charge is 0.465 e. The molecule has 1 aromatic heterocycles. The molecule has 0 spiro atoms. The van der Waals surface area contributed by atoms with E-state index in [-0.39, 0.29) is 23.8 Å². The Morgan fingerprint density at radius 3 is 2.60 bits per heavy atom. The van der Waals surface area contributed by atoms with Crippen LogP contribution in [0.1, 0.15) is 50.2 Å². The molecular formula is C19H29N3O3. The van der Waals surface area contributed by atoms with Gasteiger partial charge >= 0.3 is 0 Å². The van der Waals surface area contributed by atoms with Crippen LogP contribution in [0.4, 0.5) is 0 Å². The van der Waals surface area contributed by atoms with Crippen molar-refractivity contribution in [2.24, 2.45) is 11.8 Å². The third-order valence-corrected chi connectivity index (χ3v) is 5.26. The third kappa shape index (κ3) is 4.84. The van der Waals surface area contributed by atoms with Gasteiger partial charge in [-0.05, 0) is 57.3 Å². The van der Waals surface area contributed by atoms with Crippen molar-refractivity contribution in [3.05, 3.63) is 23.7 Å². The Labute approximate surface area is 149 Å². The summed E-state index contributed by atoms with van der Waals surface area (Å²) in [6.07, 6.45) is 3.67. The number of aryl methyl sites for hydroxylation is 1. The molecule has 2 aliphatic rings. The highest BCUT2D eigenvalue weighted by Gasteiger charge is 2.38. The SMILES string of the molecule is Cc1ccc([C@H](CNC(=O)CCNC(=O)[C@@H]2C[C@@H]2C)N2CCCC2)o1.